The highest BCUT2D eigenvalue weighted by Gasteiger charge is 2.09. The monoisotopic (exact) mass is 324 g/mol. The van der Waals surface area contributed by atoms with Crippen LogP contribution in [-0.4, -0.2) is 54.1 Å². The highest BCUT2D eigenvalue weighted by atomic mass is 35.5. The standard InChI is InChI=1S/C13H24N4O.2ClH/c1-12-13(11-15-16(12)2)10-14-4-3-5-17-6-8-18-9-7-17;;/h11,14H,3-10H2,1-2H3;2*1H. The number of halogens is 2. The van der Waals surface area contributed by atoms with Gasteiger partial charge in [0, 0.05) is 37.9 Å². The van der Waals surface area contributed by atoms with Crippen molar-refractivity contribution in [1.29, 1.82) is 0 Å². The molecule has 0 bridgehead atoms. The van der Waals surface area contributed by atoms with E-state index in [2.05, 4.69) is 22.2 Å². The average molecular weight is 325 g/mol. The van der Waals surface area contributed by atoms with Crippen LogP contribution in [0.5, 0.6) is 0 Å². The zero-order chi connectivity index (χ0) is 12.8. The van der Waals surface area contributed by atoms with Crippen molar-refractivity contribution in [1.82, 2.24) is 20.0 Å². The van der Waals surface area contributed by atoms with Gasteiger partial charge in [0.05, 0.1) is 19.4 Å². The number of hydrogen-bond acceptors (Lipinski definition) is 4. The lowest BCUT2D eigenvalue weighted by atomic mass is 10.2. The molecule has 0 unspecified atom stereocenters. The second kappa shape index (κ2) is 10.4. The summed E-state index contributed by atoms with van der Waals surface area (Å²) >= 11 is 0. The third-order valence-electron chi connectivity index (χ3n) is 3.58. The van der Waals surface area contributed by atoms with Gasteiger partial charge in [-0.1, -0.05) is 0 Å². The minimum absolute atomic E-state index is 0. The van der Waals surface area contributed by atoms with Crippen LogP contribution < -0.4 is 5.32 Å². The van der Waals surface area contributed by atoms with E-state index < -0.39 is 0 Å². The Bertz CT molecular complexity index is 367. The molecule has 0 saturated carbocycles. The fourth-order valence-corrected chi connectivity index (χ4v) is 2.19. The van der Waals surface area contributed by atoms with Gasteiger partial charge in [0.2, 0.25) is 0 Å². The van der Waals surface area contributed by atoms with E-state index in [1.165, 1.54) is 24.2 Å². The Morgan fingerprint density at radius 1 is 1.30 bits per heavy atom. The summed E-state index contributed by atoms with van der Waals surface area (Å²) in [6.07, 6.45) is 3.14. The first-order chi connectivity index (χ1) is 8.77. The van der Waals surface area contributed by atoms with E-state index in [0.29, 0.717) is 0 Å². The lowest BCUT2D eigenvalue weighted by Crippen LogP contribution is -2.37. The van der Waals surface area contributed by atoms with Crippen molar-refractivity contribution in [3.8, 4) is 0 Å². The zero-order valence-corrected chi connectivity index (χ0v) is 13.9. The predicted molar refractivity (Wildman–Crippen MR) is 86.0 cm³/mol. The predicted octanol–water partition coefficient (Wildman–Crippen LogP) is 1.38. The van der Waals surface area contributed by atoms with Gasteiger partial charge < -0.3 is 10.1 Å². The molecule has 0 aliphatic carbocycles. The van der Waals surface area contributed by atoms with Crippen molar-refractivity contribution in [2.45, 2.75) is 19.9 Å². The normalized spacial score (nSPS) is 15.5. The maximum Gasteiger partial charge on any atom is 0.0594 e. The van der Waals surface area contributed by atoms with Crippen LogP contribution in [0.15, 0.2) is 6.20 Å². The molecule has 1 aliphatic rings. The molecule has 0 spiro atoms. The summed E-state index contributed by atoms with van der Waals surface area (Å²) in [5.74, 6) is 0. The average Bonchev–Trinajstić information content (AvgIpc) is 2.71. The molecule has 5 nitrogen and oxygen atoms in total. The summed E-state index contributed by atoms with van der Waals surface area (Å²) in [7, 11) is 1.98. The number of aromatic nitrogens is 2. The third kappa shape index (κ3) is 5.97. The second-order valence-electron chi connectivity index (χ2n) is 4.86. The molecule has 20 heavy (non-hydrogen) atoms. The maximum absolute atomic E-state index is 5.33. The molecule has 7 heteroatoms. The molecule has 2 rings (SSSR count). The van der Waals surface area contributed by atoms with Crippen LogP contribution in [-0.2, 0) is 18.3 Å². The van der Waals surface area contributed by atoms with Crippen LogP contribution in [0.25, 0.3) is 0 Å². The molecule has 0 amide bonds. The van der Waals surface area contributed by atoms with Gasteiger partial charge in [-0.3, -0.25) is 9.58 Å². The molecule has 1 N–H and O–H groups in total. The first kappa shape index (κ1) is 19.7. The second-order valence-corrected chi connectivity index (χ2v) is 4.86. The molecular weight excluding hydrogens is 299 g/mol. The Balaban J connectivity index is 0.00000180. The van der Waals surface area contributed by atoms with Crippen LogP contribution in [0, 0.1) is 6.92 Å². The van der Waals surface area contributed by atoms with E-state index in [4.69, 9.17) is 4.74 Å². The van der Waals surface area contributed by atoms with Crippen molar-refractivity contribution in [3.05, 3.63) is 17.5 Å². The maximum atomic E-state index is 5.33. The molecule has 118 valence electrons. The van der Waals surface area contributed by atoms with E-state index in [9.17, 15) is 0 Å². The molecule has 1 aliphatic heterocycles. The molecule has 0 radical (unpaired) electrons. The first-order valence-electron chi connectivity index (χ1n) is 6.75. The highest BCUT2D eigenvalue weighted by Crippen LogP contribution is 2.04. The van der Waals surface area contributed by atoms with E-state index in [0.717, 1.165) is 39.4 Å². The quantitative estimate of drug-likeness (QED) is 0.803. The van der Waals surface area contributed by atoms with Gasteiger partial charge in [-0.2, -0.15) is 5.10 Å². The van der Waals surface area contributed by atoms with Gasteiger partial charge in [-0.25, -0.2) is 0 Å². The summed E-state index contributed by atoms with van der Waals surface area (Å²) < 4.78 is 7.26. The SMILES string of the molecule is Cc1c(CNCCCN2CCOCC2)cnn1C.Cl.Cl. The highest BCUT2D eigenvalue weighted by molar-refractivity contribution is 5.85. The molecule has 1 saturated heterocycles. The Hall–Kier alpha value is -0.330. The van der Waals surface area contributed by atoms with Gasteiger partial charge in [0.15, 0.2) is 0 Å². The van der Waals surface area contributed by atoms with Gasteiger partial charge in [-0.05, 0) is 26.4 Å². The number of nitrogens with one attached hydrogen (secondary N) is 1. The Kier molecular flexibility index (Phi) is 10.2. The number of morpholine rings is 1. The molecule has 1 aromatic heterocycles. The van der Waals surface area contributed by atoms with Crippen LogP contribution in [0.3, 0.4) is 0 Å². The molecular formula is C13H26Cl2N4O. The number of aryl methyl sites for hydroxylation is 1. The number of ether oxygens (including phenoxy) is 1. The van der Waals surface area contributed by atoms with Crippen LogP contribution in [0.4, 0.5) is 0 Å². The number of nitrogens with zero attached hydrogens (tertiary/aromatic N) is 3. The summed E-state index contributed by atoms with van der Waals surface area (Å²) in [4.78, 5) is 2.47. The minimum atomic E-state index is 0. The van der Waals surface area contributed by atoms with Gasteiger partial charge in [0.1, 0.15) is 0 Å². The summed E-state index contributed by atoms with van der Waals surface area (Å²) in [6.45, 7) is 9.21. The van der Waals surface area contributed by atoms with Crippen molar-refractivity contribution in [2.24, 2.45) is 7.05 Å². The van der Waals surface area contributed by atoms with Crippen LogP contribution >= 0.6 is 24.8 Å². The van der Waals surface area contributed by atoms with Crippen molar-refractivity contribution < 1.29 is 4.74 Å². The zero-order valence-electron chi connectivity index (χ0n) is 12.3. The van der Waals surface area contributed by atoms with Crippen LogP contribution in [0.1, 0.15) is 17.7 Å². The molecule has 0 atom stereocenters. The lowest BCUT2D eigenvalue weighted by molar-refractivity contribution is 0.0374. The molecule has 0 aromatic carbocycles. The Morgan fingerprint density at radius 3 is 2.60 bits per heavy atom. The first-order valence-corrected chi connectivity index (χ1v) is 6.75. The van der Waals surface area contributed by atoms with Gasteiger partial charge >= 0.3 is 0 Å². The molecule has 1 aromatic rings. The van der Waals surface area contributed by atoms with Gasteiger partial charge in [0.25, 0.3) is 0 Å². The third-order valence-corrected chi connectivity index (χ3v) is 3.58. The van der Waals surface area contributed by atoms with E-state index in [1.54, 1.807) is 0 Å². The summed E-state index contributed by atoms with van der Waals surface area (Å²) in [5, 5.41) is 7.73. The van der Waals surface area contributed by atoms with Crippen molar-refractivity contribution in [2.75, 3.05) is 39.4 Å². The molecule has 2 heterocycles. The van der Waals surface area contributed by atoms with E-state index >= 15 is 0 Å². The van der Waals surface area contributed by atoms with E-state index in [1.807, 2.05) is 17.9 Å². The summed E-state index contributed by atoms with van der Waals surface area (Å²) in [5.41, 5.74) is 2.54. The van der Waals surface area contributed by atoms with Crippen molar-refractivity contribution in [3.63, 3.8) is 0 Å². The fourth-order valence-electron chi connectivity index (χ4n) is 2.19. The number of hydrogen-bond donors (Lipinski definition) is 1. The van der Waals surface area contributed by atoms with Crippen molar-refractivity contribution >= 4 is 24.8 Å². The minimum Gasteiger partial charge on any atom is -0.379 e. The smallest absolute Gasteiger partial charge is 0.0594 e. The Morgan fingerprint density at radius 2 is 2.00 bits per heavy atom. The molecule has 1 fully saturated rings. The Labute approximate surface area is 133 Å². The number of rotatable bonds is 6. The van der Waals surface area contributed by atoms with Crippen LogP contribution in [0.2, 0.25) is 0 Å². The largest absolute Gasteiger partial charge is 0.379 e. The summed E-state index contributed by atoms with van der Waals surface area (Å²) in [6, 6.07) is 0. The van der Waals surface area contributed by atoms with E-state index in [-0.39, 0.29) is 24.8 Å². The van der Waals surface area contributed by atoms with Gasteiger partial charge in [-0.15, -0.1) is 24.8 Å². The topological polar surface area (TPSA) is 42.3 Å². The lowest BCUT2D eigenvalue weighted by Gasteiger charge is -2.26. The fraction of sp³-hybridized carbons (Fsp3) is 0.769.